The van der Waals surface area contributed by atoms with Crippen molar-refractivity contribution in [3.05, 3.63) is 66.2 Å². The Hall–Kier alpha value is -3.83. The molecule has 0 aliphatic rings. The zero-order chi connectivity index (χ0) is 24.5. The van der Waals surface area contributed by atoms with Gasteiger partial charge < -0.3 is 10.5 Å². The van der Waals surface area contributed by atoms with E-state index >= 15 is 0 Å². The number of nitrogen functional groups attached to an aromatic ring is 1. The molecule has 0 saturated heterocycles. The van der Waals surface area contributed by atoms with Crippen LogP contribution in [-0.4, -0.2) is 41.3 Å². The molecule has 2 aromatic heterocycles. The minimum atomic E-state index is -3.94. The lowest BCUT2D eigenvalue weighted by molar-refractivity contribution is 0.466. The van der Waals surface area contributed by atoms with Gasteiger partial charge in [0.15, 0.2) is 0 Å². The molecule has 4 rings (SSSR count). The maximum Gasteiger partial charge on any atom is 0.301 e. The SMILES string of the molecule is CCN(C)S(=O)(=O)Nc1c(F)ccc2c(Oc3ncccc3-c3ccnc(N)n3)c(C)ccc12. The van der Waals surface area contributed by atoms with E-state index in [1.54, 1.807) is 49.5 Å². The maximum atomic E-state index is 14.8. The molecule has 0 amide bonds. The molecule has 0 saturated carbocycles. The van der Waals surface area contributed by atoms with Crippen LogP contribution in [-0.2, 0) is 10.2 Å². The Kier molecular flexibility index (Phi) is 6.31. The second-order valence-electron chi connectivity index (χ2n) is 7.51. The predicted octanol–water partition coefficient (Wildman–Crippen LogP) is 4.12. The number of aryl methyl sites for hydroxylation is 1. The molecular weight excluding hydrogens is 459 g/mol. The number of fused-ring (bicyclic) bond motifs is 1. The van der Waals surface area contributed by atoms with Crippen molar-refractivity contribution in [1.82, 2.24) is 19.3 Å². The highest BCUT2D eigenvalue weighted by Crippen LogP contribution is 2.39. The molecule has 3 N–H and O–H groups in total. The Morgan fingerprint density at radius 2 is 1.85 bits per heavy atom. The molecule has 9 nitrogen and oxygen atoms in total. The molecule has 0 atom stereocenters. The maximum absolute atomic E-state index is 14.8. The van der Waals surface area contributed by atoms with Gasteiger partial charge in [-0.15, -0.1) is 0 Å². The van der Waals surface area contributed by atoms with Gasteiger partial charge in [-0.1, -0.05) is 19.1 Å². The number of aromatic nitrogens is 3. The monoisotopic (exact) mass is 482 g/mol. The van der Waals surface area contributed by atoms with Crippen LogP contribution in [0.1, 0.15) is 12.5 Å². The van der Waals surface area contributed by atoms with Crippen molar-refractivity contribution in [3.63, 3.8) is 0 Å². The van der Waals surface area contributed by atoms with Gasteiger partial charge in [0, 0.05) is 36.8 Å². The number of benzene rings is 2. The normalized spacial score (nSPS) is 11.7. The summed E-state index contributed by atoms with van der Waals surface area (Å²) >= 11 is 0. The van der Waals surface area contributed by atoms with Crippen molar-refractivity contribution < 1.29 is 17.5 Å². The van der Waals surface area contributed by atoms with Gasteiger partial charge in [-0.25, -0.2) is 19.3 Å². The number of pyridine rings is 1. The van der Waals surface area contributed by atoms with E-state index < -0.39 is 16.0 Å². The molecule has 4 aromatic rings. The first-order valence-electron chi connectivity index (χ1n) is 10.4. The smallest absolute Gasteiger partial charge is 0.301 e. The van der Waals surface area contributed by atoms with Crippen LogP contribution in [0.4, 0.5) is 16.0 Å². The lowest BCUT2D eigenvalue weighted by atomic mass is 10.0. The molecular formula is C23H23FN6O3S. The van der Waals surface area contributed by atoms with Crippen LogP contribution < -0.4 is 15.2 Å². The molecule has 0 radical (unpaired) electrons. The quantitative estimate of drug-likeness (QED) is 0.406. The molecule has 0 aliphatic carbocycles. The van der Waals surface area contributed by atoms with E-state index in [0.29, 0.717) is 27.8 Å². The van der Waals surface area contributed by atoms with Crippen LogP contribution in [0.25, 0.3) is 22.0 Å². The summed E-state index contributed by atoms with van der Waals surface area (Å²) in [5.74, 6) is 0.0700. The zero-order valence-corrected chi connectivity index (χ0v) is 19.6. The fourth-order valence-electron chi connectivity index (χ4n) is 3.36. The second-order valence-corrected chi connectivity index (χ2v) is 9.29. The fourth-order valence-corrected chi connectivity index (χ4v) is 4.33. The number of halogens is 1. The number of nitrogens with zero attached hydrogens (tertiary/aromatic N) is 4. The van der Waals surface area contributed by atoms with Gasteiger partial charge in [-0.3, -0.25) is 4.72 Å². The Bertz CT molecular complexity index is 1480. The van der Waals surface area contributed by atoms with Gasteiger partial charge >= 0.3 is 10.2 Å². The van der Waals surface area contributed by atoms with Crippen molar-refractivity contribution in [1.29, 1.82) is 0 Å². The van der Waals surface area contributed by atoms with Crippen LogP contribution in [0.15, 0.2) is 54.9 Å². The van der Waals surface area contributed by atoms with Gasteiger partial charge in [0.2, 0.25) is 11.8 Å². The number of anilines is 2. The van der Waals surface area contributed by atoms with Crippen LogP contribution in [0.3, 0.4) is 0 Å². The van der Waals surface area contributed by atoms with Crippen LogP contribution in [0.5, 0.6) is 11.6 Å². The zero-order valence-electron chi connectivity index (χ0n) is 18.8. The standard InChI is InChI=1S/C23H23FN6O3S/c1-4-30(3)34(31,32)29-20-15-8-7-14(2)21(16(15)9-10-18(20)24)33-22-17(6-5-12-26-22)19-11-13-27-23(25)28-19/h5-13,29H,4H2,1-3H3,(H2,25,27,28). The third kappa shape index (κ3) is 4.47. The molecule has 0 fully saturated rings. The number of nitrogens with one attached hydrogen (secondary N) is 1. The highest BCUT2D eigenvalue weighted by molar-refractivity contribution is 7.90. The third-order valence-corrected chi connectivity index (χ3v) is 6.85. The molecule has 0 bridgehead atoms. The van der Waals surface area contributed by atoms with E-state index in [0.717, 1.165) is 9.87 Å². The Labute approximate surface area is 196 Å². The number of hydrogen-bond donors (Lipinski definition) is 2. The summed E-state index contributed by atoms with van der Waals surface area (Å²) in [5.41, 5.74) is 7.43. The highest BCUT2D eigenvalue weighted by Gasteiger charge is 2.22. The number of ether oxygens (including phenoxy) is 1. The molecule has 11 heteroatoms. The Balaban J connectivity index is 1.84. The first kappa shape index (κ1) is 23.3. The van der Waals surface area contributed by atoms with E-state index in [4.69, 9.17) is 10.5 Å². The third-order valence-electron chi connectivity index (χ3n) is 5.30. The van der Waals surface area contributed by atoms with Crippen LogP contribution in [0.2, 0.25) is 0 Å². The van der Waals surface area contributed by atoms with Crippen molar-refractivity contribution in [2.24, 2.45) is 0 Å². The summed E-state index contributed by atoms with van der Waals surface area (Å²) in [6.07, 6.45) is 3.11. The molecule has 0 unspecified atom stereocenters. The van der Waals surface area contributed by atoms with Crippen molar-refractivity contribution >= 4 is 32.6 Å². The van der Waals surface area contributed by atoms with Gasteiger partial charge in [-0.2, -0.15) is 12.7 Å². The molecule has 0 aliphatic heterocycles. The fraction of sp³-hybridized carbons (Fsp3) is 0.174. The molecule has 2 aromatic carbocycles. The Morgan fingerprint density at radius 1 is 1.09 bits per heavy atom. The van der Waals surface area contributed by atoms with Crippen molar-refractivity contribution in [2.45, 2.75) is 13.8 Å². The van der Waals surface area contributed by atoms with Crippen LogP contribution >= 0.6 is 0 Å². The number of nitrogens with two attached hydrogens (primary N) is 1. The summed E-state index contributed by atoms with van der Waals surface area (Å²) in [7, 11) is -2.53. The minimum Gasteiger partial charge on any atom is -0.437 e. The number of hydrogen-bond acceptors (Lipinski definition) is 7. The largest absolute Gasteiger partial charge is 0.437 e. The average Bonchev–Trinajstić information content (AvgIpc) is 2.82. The summed E-state index contributed by atoms with van der Waals surface area (Å²) in [6, 6.07) is 11.3. The molecule has 0 spiro atoms. The van der Waals surface area contributed by atoms with Gasteiger partial charge in [0.1, 0.15) is 11.6 Å². The number of rotatable bonds is 7. The van der Waals surface area contributed by atoms with E-state index in [1.807, 2.05) is 6.92 Å². The molecule has 176 valence electrons. The molecule has 2 heterocycles. The van der Waals surface area contributed by atoms with Gasteiger partial charge in [-0.05, 0) is 42.8 Å². The average molecular weight is 483 g/mol. The van der Waals surface area contributed by atoms with Gasteiger partial charge in [0.25, 0.3) is 0 Å². The van der Waals surface area contributed by atoms with Gasteiger partial charge in [0.05, 0.1) is 16.9 Å². The van der Waals surface area contributed by atoms with Crippen molar-refractivity contribution in [2.75, 3.05) is 24.0 Å². The summed E-state index contributed by atoms with van der Waals surface area (Å²) in [4.78, 5) is 12.5. The van der Waals surface area contributed by atoms with Crippen LogP contribution in [0, 0.1) is 12.7 Å². The first-order chi connectivity index (χ1) is 16.2. The van der Waals surface area contributed by atoms with E-state index in [-0.39, 0.29) is 24.1 Å². The summed E-state index contributed by atoms with van der Waals surface area (Å²) in [5, 5.41) is 0.856. The highest BCUT2D eigenvalue weighted by atomic mass is 32.2. The minimum absolute atomic E-state index is 0.109. The summed E-state index contributed by atoms with van der Waals surface area (Å²) in [6.45, 7) is 3.74. The van der Waals surface area contributed by atoms with Crippen molar-refractivity contribution in [3.8, 4) is 22.9 Å². The predicted molar refractivity (Wildman–Crippen MR) is 129 cm³/mol. The van der Waals surface area contributed by atoms with E-state index in [1.165, 1.54) is 19.3 Å². The van der Waals surface area contributed by atoms with E-state index in [9.17, 15) is 12.8 Å². The lowest BCUT2D eigenvalue weighted by Crippen LogP contribution is -2.32. The second kappa shape index (κ2) is 9.20. The first-order valence-corrected chi connectivity index (χ1v) is 11.8. The topological polar surface area (TPSA) is 123 Å². The Morgan fingerprint density at radius 3 is 2.59 bits per heavy atom. The molecule has 34 heavy (non-hydrogen) atoms. The lowest BCUT2D eigenvalue weighted by Gasteiger charge is -2.19. The van der Waals surface area contributed by atoms with E-state index in [2.05, 4.69) is 19.7 Å². The summed E-state index contributed by atoms with van der Waals surface area (Å²) < 4.78 is 49.6.